The topological polar surface area (TPSA) is 86.3 Å². The summed E-state index contributed by atoms with van der Waals surface area (Å²) in [7, 11) is 0. The maximum absolute atomic E-state index is 12.5. The number of piperidine rings is 1. The summed E-state index contributed by atoms with van der Waals surface area (Å²) >= 11 is 0. The molecule has 1 aliphatic rings. The van der Waals surface area contributed by atoms with Crippen LogP contribution in [0.5, 0.6) is 0 Å². The molecule has 0 saturated carbocycles. The number of likely N-dealkylation sites (tertiary alicyclic amines) is 1. The average Bonchev–Trinajstić information content (AvgIpc) is 3.05. The summed E-state index contributed by atoms with van der Waals surface area (Å²) in [6.45, 7) is 3.42. The van der Waals surface area contributed by atoms with Crippen LogP contribution in [0.2, 0.25) is 0 Å². The Morgan fingerprint density at radius 2 is 2.07 bits per heavy atom. The van der Waals surface area contributed by atoms with Crippen LogP contribution < -0.4 is 0 Å². The molecule has 1 fully saturated rings. The number of aromatic nitrogens is 2. The highest BCUT2D eigenvalue weighted by Crippen LogP contribution is 2.30. The van der Waals surface area contributed by atoms with E-state index in [1.807, 2.05) is 29.2 Å². The van der Waals surface area contributed by atoms with Gasteiger partial charge in [0.1, 0.15) is 5.82 Å². The Morgan fingerprint density at radius 1 is 1.26 bits per heavy atom. The largest absolute Gasteiger partial charge is 0.481 e. The Hall–Kier alpha value is -2.37. The summed E-state index contributed by atoms with van der Waals surface area (Å²) in [6, 6.07) is 7.88. The van der Waals surface area contributed by atoms with E-state index >= 15 is 0 Å². The molecule has 3 rings (SSSR count). The molecule has 146 valence electrons. The van der Waals surface area contributed by atoms with Gasteiger partial charge in [0.25, 0.3) is 0 Å². The lowest BCUT2D eigenvalue weighted by Crippen LogP contribution is -2.45. The predicted molar refractivity (Wildman–Crippen MR) is 104 cm³/mol. The van der Waals surface area contributed by atoms with Gasteiger partial charge in [0.05, 0.1) is 11.0 Å². The number of H-pyrrole nitrogens is 1. The second kappa shape index (κ2) is 9.02. The van der Waals surface area contributed by atoms with Crippen molar-refractivity contribution in [1.29, 1.82) is 0 Å². The second-order valence-corrected chi connectivity index (χ2v) is 7.61. The minimum absolute atomic E-state index is 0.0791. The fourth-order valence-corrected chi connectivity index (χ4v) is 4.07. The molecule has 0 bridgehead atoms. The van der Waals surface area contributed by atoms with Crippen molar-refractivity contribution < 1.29 is 14.7 Å². The molecule has 1 saturated heterocycles. The number of amides is 1. The number of unbranched alkanes of at least 4 members (excludes halogenated alkanes) is 2. The zero-order valence-corrected chi connectivity index (χ0v) is 16.0. The third kappa shape index (κ3) is 5.08. The third-order valence-electron chi connectivity index (χ3n) is 5.57. The number of fused-ring (bicyclic) bond motifs is 1. The van der Waals surface area contributed by atoms with E-state index in [9.17, 15) is 14.7 Å². The molecule has 0 unspecified atom stereocenters. The van der Waals surface area contributed by atoms with Crippen LogP contribution in [-0.2, 0) is 16.0 Å². The number of nitrogens with zero attached hydrogens (tertiary/aromatic N) is 2. The first-order chi connectivity index (χ1) is 13.1. The van der Waals surface area contributed by atoms with E-state index in [0.717, 1.165) is 42.5 Å². The van der Waals surface area contributed by atoms with Crippen molar-refractivity contribution in [3.05, 3.63) is 30.1 Å². The van der Waals surface area contributed by atoms with Gasteiger partial charge >= 0.3 is 5.97 Å². The molecule has 1 amide bonds. The standard InChI is InChI=1S/C21H29N3O3/c1-2-3-4-9-20(25)24-11-10-15(13-21(26)27)16(14-24)12-19-22-17-7-5-6-8-18(17)23-19/h5-8,15-16H,2-4,9-14H2,1H3,(H,22,23)(H,26,27)/t15-,16-/m0/s1. The van der Waals surface area contributed by atoms with E-state index in [4.69, 9.17) is 0 Å². The van der Waals surface area contributed by atoms with Crippen LogP contribution in [0.1, 0.15) is 51.3 Å². The number of aliphatic carboxylic acids is 1. The number of carbonyl (C=O) groups is 2. The maximum Gasteiger partial charge on any atom is 0.303 e. The van der Waals surface area contributed by atoms with Crippen LogP contribution in [-0.4, -0.2) is 44.9 Å². The zero-order chi connectivity index (χ0) is 19.2. The molecular formula is C21H29N3O3. The number of imidazole rings is 1. The molecule has 1 aromatic heterocycles. The molecule has 2 N–H and O–H groups in total. The Bertz CT molecular complexity index is 753. The Kier molecular flexibility index (Phi) is 6.48. The summed E-state index contributed by atoms with van der Waals surface area (Å²) in [5.74, 6) is 0.502. The number of rotatable bonds is 8. The van der Waals surface area contributed by atoms with Gasteiger partial charge in [-0.15, -0.1) is 0 Å². The lowest BCUT2D eigenvalue weighted by molar-refractivity contribution is -0.140. The molecule has 0 spiro atoms. The number of hydrogen-bond donors (Lipinski definition) is 2. The number of aromatic amines is 1. The van der Waals surface area contributed by atoms with Gasteiger partial charge in [0.2, 0.25) is 5.91 Å². The lowest BCUT2D eigenvalue weighted by atomic mass is 9.81. The predicted octanol–water partition coefficient (Wildman–Crippen LogP) is 3.63. The Morgan fingerprint density at radius 3 is 2.81 bits per heavy atom. The van der Waals surface area contributed by atoms with E-state index in [0.29, 0.717) is 25.9 Å². The summed E-state index contributed by atoms with van der Waals surface area (Å²) in [6.07, 6.45) is 5.27. The highest BCUT2D eigenvalue weighted by atomic mass is 16.4. The fraction of sp³-hybridized carbons (Fsp3) is 0.571. The highest BCUT2D eigenvalue weighted by Gasteiger charge is 2.33. The third-order valence-corrected chi connectivity index (χ3v) is 5.57. The molecule has 0 radical (unpaired) electrons. The van der Waals surface area contributed by atoms with Crippen molar-refractivity contribution in [2.24, 2.45) is 11.8 Å². The molecule has 2 aromatic rings. The van der Waals surface area contributed by atoms with Crippen molar-refractivity contribution in [3.63, 3.8) is 0 Å². The minimum atomic E-state index is -0.766. The monoisotopic (exact) mass is 371 g/mol. The molecule has 6 heteroatoms. The molecular weight excluding hydrogens is 342 g/mol. The van der Waals surface area contributed by atoms with Gasteiger partial charge in [-0.05, 0) is 36.8 Å². The molecule has 2 atom stereocenters. The van der Waals surface area contributed by atoms with Crippen molar-refractivity contribution in [1.82, 2.24) is 14.9 Å². The molecule has 0 aliphatic carbocycles. The van der Waals surface area contributed by atoms with E-state index in [2.05, 4.69) is 16.9 Å². The van der Waals surface area contributed by atoms with Gasteiger partial charge in [0, 0.05) is 32.4 Å². The smallest absolute Gasteiger partial charge is 0.303 e. The van der Waals surface area contributed by atoms with Crippen molar-refractivity contribution in [3.8, 4) is 0 Å². The SMILES string of the molecule is CCCCCC(=O)N1CC[C@@H](CC(=O)O)[C@@H](Cc2nc3ccccc3[nH]2)C1. The van der Waals surface area contributed by atoms with Gasteiger partial charge in [-0.3, -0.25) is 9.59 Å². The first-order valence-corrected chi connectivity index (χ1v) is 10.00. The Labute approximate surface area is 160 Å². The number of para-hydroxylation sites is 2. The highest BCUT2D eigenvalue weighted by molar-refractivity contribution is 5.76. The van der Waals surface area contributed by atoms with Crippen LogP contribution in [0, 0.1) is 11.8 Å². The van der Waals surface area contributed by atoms with Gasteiger partial charge < -0.3 is 15.0 Å². The van der Waals surface area contributed by atoms with Crippen LogP contribution in [0.3, 0.4) is 0 Å². The average molecular weight is 371 g/mol. The van der Waals surface area contributed by atoms with E-state index < -0.39 is 5.97 Å². The van der Waals surface area contributed by atoms with E-state index in [1.54, 1.807) is 0 Å². The van der Waals surface area contributed by atoms with Gasteiger partial charge in [0.15, 0.2) is 0 Å². The van der Waals surface area contributed by atoms with Crippen LogP contribution >= 0.6 is 0 Å². The van der Waals surface area contributed by atoms with Crippen LogP contribution in [0.25, 0.3) is 11.0 Å². The zero-order valence-electron chi connectivity index (χ0n) is 16.0. The minimum Gasteiger partial charge on any atom is -0.481 e. The summed E-state index contributed by atoms with van der Waals surface area (Å²) in [5, 5.41) is 9.28. The summed E-state index contributed by atoms with van der Waals surface area (Å²) in [5.41, 5.74) is 1.91. The second-order valence-electron chi connectivity index (χ2n) is 7.61. The van der Waals surface area contributed by atoms with Crippen molar-refractivity contribution in [2.75, 3.05) is 13.1 Å². The number of hydrogen-bond acceptors (Lipinski definition) is 3. The summed E-state index contributed by atoms with van der Waals surface area (Å²) in [4.78, 5) is 33.7. The number of carboxylic acids is 1. The molecule has 1 aromatic carbocycles. The first kappa shape index (κ1) is 19.4. The maximum atomic E-state index is 12.5. The fourth-order valence-electron chi connectivity index (χ4n) is 4.07. The van der Waals surface area contributed by atoms with E-state index in [1.165, 1.54) is 0 Å². The van der Waals surface area contributed by atoms with E-state index in [-0.39, 0.29) is 24.2 Å². The number of nitrogens with one attached hydrogen (secondary N) is 1. The lowest BCUT2D eigenvalue weighted by Gasteiger charge is -2.38. The number of carboxylic acid groups (broad SMARTS) is 1. The Balaban J connectivity index is 1.70. The van der Waals surface area contributed by atoms with Gasteiger partial charge in [-0.2, -0.15) is 0 Å². The first-order valence-electron chi connectivity index (χ1n) is 10.00. The van der Waals surface area contributed by atoms with Crippen molar-refractivity contribution >= 4 is 22.9 Å². The molecule has 2 heterocycles. The number of carbonyl (C=O) groups excluding carboxylic acids is 1. The van der Waals surface area contributed by atoms with Gasteiger partial charge in [-0.25, -0.2) is 4.98 Å². The van der Waals surface area contributed by atoms with Crippen LogP contribution in [0.15, 0.2) is 24.3 Å². The molecule has 6 nitrogen and oxygen atoms in total. The normalized spacial score (nSPS) is 20.1. The van der Waals surface area contributed by atoms with Gasteiger partial charge in [-0.1, -0.05) is 31.9 Å². The number of benzene rings is 1. The van der Waals surface area contributed by atoms with Crippen LogP contribution in [0.4, 0.5) is 0 Å². The van der Waals surface area contributed by atoms with Crippen molar-refractivity contribution in [2.45, 2.75) is 51.9 Å². The summed E-state index contributed by atoms with van der Waals surface area (Å²) < 4.78 is 0. The quantitative estimate of drug-likeness (QED) is 0.694. The molecule has 1 aliphatic heterocycles. The molecule has 27 heavy (non-hydrogen) atoms.